The summed E-state index contributed by atoms with van der Waals surface area (Å²) in [4.78, 5) is 12.8. The highest BCUT2D eigenvalue weighted by molar-refractivity contribution is 9.10. The normalized spacial score (nSPS) is 15.5. The van der Waals surface area contributed by atoms with Crippen molar-refractivity contribution in [3.63, 3.8) is 0 Å². The Balaban J connectivity index is 1.62. The van der Waals surface area contributed by atoms with Crippen LogP contribution < -0.4 is 5.01 Å². The second-order valence-corrected chi connectivity index (χ2v) is 7.32. The number of amides is 1. The molecule has 1 aliphatic rings. The third kappa shape index (κ3) is 3.51. The van der Waals surface area contributed by atoms with Crippen molar-refractivity contribution in [3.8, 4) is 11.3 Å². The van der Waals surface area contributed by atoms with E-state index in [0.717, 1.165) is 27.0 Å². The summed E-state index contributed by atoms with van der Waals surface area (Å²) in [5.74, 6) is 1.22. The highest BCUT2D eigenvalue weighted by Crippen LogP contribution is 2.28. The molecule has 4 rings (SSSR count). The smallest absolute Gasteiger partial charge is 0.280 e. The number of aryl methyl sites for hydroxylation is 1. The predicted octanol–water partition coefficient (Wildman–Crippen LogP) is 5.82. The predicted molar refractivity (Wildman–Crippen MR) is 112 cm³/mol. The van der Waals surface area contributed by atoms with E-state index in [4.69, 9.17) is 4.42 Å². The molecule has 0 radical (unpaired) electrons. The van der Waals surface area contributed by atoms with E-state index in [1.807, 2.05) is 74.5 Å². The van der Waals surface area contributed by atoms with Gasteiger partial charge >= 0.3 is 0 Å². The minimum Gasteiger partial charge on any atom is -0.457 e. The summed E-state index contributed by atoms with van der Waals surface area (Å²) >= 11 is 3.43. The second kappa shape index (κ2) is 7.00. The topological polar surface area (TPSA) is 45.8 Å². The molecular weight excluding hydrogens is 404 g/mol. The molecule has 2 aromatic carbocycles. The van der Waals surface area contributed by atoms with Crippen molar-refractivity contribution in [3.05, 3.63) is 82.0 Å². The first-order valence-electron chi connectivity index (χ1n) is 8.55. The van der Waals surface area contributed by atoms with Gasteiger partial charge in [-0.05, 0) is 61.9 Å². The number of carbonyl (C=O) groups excluding carboxylic acids is 1. The molecule has 5 heteroatoms. The molecule has 134 valence electrons. The van der Waals surface area contributed by atoms with Crippen LogP contribution in [0.15, 0.2) is 80.2 Å². The first-order chi connectivity index (χ1) is 13.0. The highest BCUT2D eigenvalue weighted by atomic mass is 79.9. The summed E-state index contributed by atoms with van der Waals surface area (Å²) in [5, 5.41) is 5.86. The molecule has 0 saturated heterocycles. The fourth-order valence-corrected chi connectivity index (χ4v) is 3.23. The molecule has 0 N–H and O–H groups in total. The van der Waals surface area contributed by atoms with Gasteiger partial charge in [0.25, 0.3) is 5.91 Å². The SMILES string of the molecule is CC1=NN(c2cccc(C)c2)C(=O)/C1=C/c1ccc(-c2ccc(Br)cc2)o1. The van der Waals surface area contributed by atoms with Crippen LogP contribution in [0.2, 0.25) is 0 Å². The number of rotatable bonds is 3. The molecular formula is C22H17BrN2O2. The fourth-order valence-electron chi connectivity index (χ4n) is 2.96. The van der Waals surface area contributed by atoms with Crippen LogP contribution in [0, 0.1) is 6.92 Å². The maximum absolute atomic E-state index is 12.8. The first kappa shape index (κ1) is 17.5. The number of nitrogens with zero attached hydrogens (tertiary/aromatic N) is 2. The summed E-state index contributed by atoms with van der Waals surface area (Å²) < 4.78 is 6.92. The van der Waals surface area contributed by atoms with Gasteiger partial charge in [-0.2, -0.15) is 10.1 Å². The Labute approximate surface area is 165 Å². The Bertz CT molecular complexity index is 1080. The van der Waals surface area contributed by atoms with Crippen molar-refractivity contribution in [1.29, 1.82) is 0 Å². The number of carbonyl (C=O) groups is 1. The number of benzene rings is 2. The molecule has 0 bridgehead atoms. The maximum atomic E-state index is 12.8. The van der Waals surface area contributed by atoms with Gasteiger partial charge in [0.15, 0.2) is 0 Å². The van der Waals surface area contributed by atoms with Crippen LogP contribution in [-0.4, -0.2) is 11.6 Å². The van der Waals surface area contributed by atoms with Crippen molar-refractivity contribution in [2.45, 2.75) is 13.8 Å². The summed E-state index contributed by atoms with van der Waals surface area (Å²) in [6.07, 6.45) is 1.75. The maximum Gasteiger partial charge on any atom is 0.280 e. The van der Waals surface area contributed by atoms with Crippen molar-refractivity contribution in [2.75, 3.05) is 5.01 Å². The lowest BCUT2D eigenvalue weighted by Gasteiger charge is -2.12. The Morgan fingerprint density at radius 3 is 2.56 bits per heavy atom. The number of anilines is 1. The van der Waals surface area contributed by atoms with Gasteiger partial charge in [-0.1, -0.05) is 40.2 Å². The van der Waals surface area contributed by atoms with Crippen LogP contribution in [0.25, 0.3) is 17.4 Å². The van der Waals surface area contributed by atoms with E-state index in [2.05, 4.69) is 21.0 Å². The largest absolute Gasteiger partial charge is 0.457 e. The molecule has 0 atom stereocenters. The molecule has 1 amide bonds. The van der Waals surface area contributed by atoms with Gasteiger partial charge in [0.1, 0.15) is 11.5 Å². The molecule has 0 unspecified atom stereocenters. The van der Waals surface area contributed by atoms with Gasteiger partial charge in [-0.3, -0.25) is 4.79 Å². The number of furan rings is 1. The van der Waals surface area contributed by atoms with Crippen LogP contribution in [0.1, 0.15) is 18.2 Å². The molecule has 27 heavy (non-hydrogen) atoms. The summed E-state index contributed by atoms with van der Waals surface area (Å²) in [6, 6.07) is 19.4. The van der Waals surface area contributed by atoms with Gasteiger partial charge in [-0.15, -0.1) is 0 Å². The van der Waals surface area contributed by atoms with E-state index in [9.17, 15) is 4.79 Å². The van der Waals surface area contributed by atoms with Gasteiger partial charge in [0, 0.05) is 10.0 Å². The molecule has 0 saturated carbocycles. The average molecular weight is 421 g/mol. The molecule has 1 aromatic heterocycles. The third-order valence-corrected chi connectivity index (χ3v) is 4.88. The van der Waals surface area contributed by atoms with Crippen LogP contribution >= 0.6 is 15.9 Å². The molecule has 0 spiro atoms. The Morgan fingerprint density at radius 2 is 1.81 bits per heavy atom. The van der Waals surface area contributed by atoms with Crippen LogP contribution in [0.5, 0.6) is 0 Å². The lowest BCUT2D eigenvalue weighted by Crippen LogP contribution is -2.21. The summed E-state index contributed by atoms with van der Waals surface area (Å²) in [5.41, 5.74) is 4.03. The lowest BCUT2D eigenvalue weighted by atomic mass is 10.1. The second-order valence-electron chi connectivity index (χ2n) is 6.41. The quantitative estimate of drug-likeness (QED) is 0.500. The zero-order chi connectivity index (χ0) is 19.0. The van der Waals surface area contributed by atoms with Gasteiger partial charge < -0.3 is 4.42 Å². The number of hydrogen-bond acceptors (Lipinski definition) is 3. The zero-order valence-corrected chi connectivity index (χ0v) is 16.5. The van der Waals surface area contributed by atoms with Crippen molar-refractivity contribution >= 4 is 39.3 Å². The van der Waals surface area contributed by atoms with Gasteiger partial charge in [0.2, 0.25) is 0 Å². The molecule has 0 aliphatic carbocycles. The van der Waals surface area contributed by atoms with Gasteiger partial charge in [0.05, 0.1) is 17.0 Å². The van der Waals surface area contributed by atoms with Crippen LogP contribution in [0.3, 0.4) is 0 Å². The van der Waals surface area contributed by atoms with Crippen molar-refractivity contribution in [1.82, 2.24) is 0 Å². The van der Waals surface area contributed by atoms with Crippen molar-refractivity contribution in [2.24, 2.45) is 5.10 Å². The number of hydrogen-bond donors (Lipinski definition) is 0. The van der Waals surface area contributed by atoms with E-state index in [0.29, 0.717) is 17.0 Å². The van der Waals surface area contributed by atoms with Crippen molar-refractivity contribution < 1.29 is 9.21 Å². The zero-order valence-electron chi connectivity index (χ0n) is 14.9. The fraction of sp³-hybridized carbons (Fsp3) is 0.0909. The number of hydrazone groups is 1. The Hall–Kier alpha value is -2.92. The molecule has 1 aliphatic heterocycles. The standard InChI is InChI=1S/C22H17BrN2O2/c1-14-4-3-5-18(12-14)25-22(26)20(15(2)24-25)13-19-10-11-21(27-19)16-6-8-17(23)9-7-16/h3-13H,1-2H3/b20-13+. The van der Waals surface area contributed by atoms with E-state index >= 15 is 0 Å². The minimum absolute atomic E-state index is 0.153. The summed E-state index contributed by atoms with van der Waals surface area (Å²) in [6.45, 7) is 3.82. The molecule has 3 aromatic rings. The Morgan fingerprint density at radius 1 is 1.04 bits per heavy atom. The van der Waals surface area contributed by atoms with E-state index in [1.165, 1.54) is 5.01 Å². The van der Waals surface area contributed by atoms with Gasteiger partial charge in [-0.25, -0.2) is 0 Å². The van der Waals surface area contributed by atoms with Crippen LogP contribution in [-0.2, 0) is 4.79 Å². The Kier molecular flexibility index (Phi) is 4.54. The van der Waals surface area contributed by atoms with Crippen LogP contribution in [0.4, 0.5) is 5.69 Å². The molecule has 4 nitrogen and oxygen atoms in total. The van der Waals surface area contributed by atoms with E-state index in [1.54, 1.807) is 6.08 Å². The minimum atomic E-state index is -0.153. The van der Waals surface area contributed by atoms with E-state index in [-0.39, 0.29) is 5.91 Å². The summed E-state index contributed by atoms with van der Waals surface area (Å²) in [7, 11) is 0. The first-order valence-corrected chi connectivity index (χ1v) is 9.35. The monoisotopic (exact) mass is 420 g/mol. The third-order valence-electron chi connectivity index (χ3n) is 4.35. The average Bonchev–Trinajstić information content (AvgIpc) is 3.23. The molecule has 2 heterocycles. The lowest BCUT2D eigenvalue weighted by molar-refractivity contribution is -0.114. The highest BCUT2D eigenvalue weighted by Gasteiger charge is 2.29. The molecule has 0 fully saturated rings. The van der Waals surface area contributed by atoms with E-state index < -0.39 is 0 Å². The number of halogens is 1.